The first kappa shape index (κ1) is 22.4. The first-order chi connectivity index (χ1) is 16.1. The molecule has 170 valence electrons. The van der Waals surface area contributed by atoms with Crippen LogP contribution in [0.4, 0.5) is 17.3 Å². The standard InChI is InChI=1S/C25H28N6O2/c1-3-31(4-2)14-13-26-24(33)17-9-11-19(12-10-17)28-25-27-16-18-15-22(32)29-21-8-6-5-7-20(21)23(18)30-25/h5-12,16H,3-4,13-15H2,1-2H3,(H,26,33)(H,29,32)(H,27,28,30). The fourth-order valence-electron chi connectivity index (χ4n) is 3.80. The molecule has 3 aromatic rings. The molecule has 0 aliphatic carbocycles. The Morgan fingerprint density at radius 1 is 1.09 bits per heavy atom. The van der Waals surface area contributed by atoms with Crippen LogP contribution in [-0.4, -0.2) is 52.9 Å². The summed E-state index contributed by atoms with van der Waals surface area (Å²) in [5, 5.41) is 9.07. The van der Waals surface area contributed by atoms with E-state index >= 15 is 0 Å². The van der Waals surface area contributed by atoms with Crippen molar-refractivity contribution in [1.82, 2.24) is 20.2 Å². The van der Waals surface area contributed by atoms with Crippen molar-refractivity contribution >= 4 is 29.1 Å². The van der Waals surface area contributed by atoms with E-state index in [2.05, 4.69) is 44.7 Å². The van der Waals surface area contributed by atoms with Crippen molar-refractivity contribution in [2.45, 2.75) is 20.3 Å². The molecule has 2 aromatic carbocycles. The van der Waals surface area contributed by atoms with Gasteiger partial charge in [0.1, 0.15) is 0 Å². The number of aromatic nitrogens is 2. The molecule has 3 N–H and O–H groups in total. The van der Waals surface area contributed by atoms with Gasteiger partial charge in [-0.2, -0.15) is 0 Å². The molecule has 33 heavy (non-hydrogen) atoms. The van der Waals surface area contributed by atoms with Crippen LogP contribution in [0, 0.1) is 0 Å². The molecule has 0 fully saturated rings. The van der Waals surface area contributed by atoms with Crippen molar-refractivity contribution in [3.63, 3.8) is 0 Å². The maximum Gasteiger partial charge on any atom is 0.251 e. The van der Waals surface area contributed by atoms with Gasteiger partial charge in [0.05, 0.1) is 17.8 Å². The van der Waals surface area contributed by atoms with E-state index in [9.17, 15) is 9.59 Å². The molecule has 8 heteroatoms. The van der Waals surface area contributed by atoms with Crippen molar-refractivity contribution < 1.29 is 9.59 Å². The fourth-order valence-corrected chi connectivity index (χ4v) is 3.80. The minimum absolute atomic E-state index is 0.0866. The second-order valence-electron chi connectivity index (χ2n) is 7.82. The Morgan fingerprint density at radius 2 is 1.85 bits per heavy atom. The molecule has 4 rings (SSSR count). The Hall–Kier alpha value is -3.78. The fraction of sp³-hybridized carbons (Fsp3) is 0.280. The third-order valence-electron chi connectivity index (χ3n) is 5.68. The number of carbonyl (C=O) groups is 2. The number of amides is 2. The molecular weight excluding hydrogens is 416 g/mol. The highest BCUT2D eigenvalue weighted by atomic mass is 16.2. The van der Waals surface area contributed by atoms with Crippen molar-refractivity contribution in [2.75, 3.05) is 36.8 Å². The lowest BCUT2D eigenvalue weighted by atomic mass is 10.1. The van der Waals surface area contributed by atoms with Gasteiger partial charge in [0.25, 0.3) is 5.91 Å². The van der Waals surface area contributed by atoms with Gasteiger partial charge in [-0.1, -0.05) is 32.0 Å². The van der Waals surface area contributed by atoms with Crippen LogP contribution in [0.2, 0.25) is 0 Å². The summed E-state index contributed by atoms with van der Waals surface area (Å²) in [5.74, 6) is 0.245. The minimum atomic E-state index is -0.0937. The lowest BCUT2D eigenvalue weighted by Crippen LogP contribution is -2.34. The molecule has 0 atom stereocenters. The van der Waals surface area contributed by atoms with E-state index in [-0.39, 0.29) is 18.2 Å². The number of para-hydroxylation sites is 1. The van der Waals surface area contributed by atoms with Crippen LogP contribution in [0.25, 0.3) is 11.3 Å². The number of hydrogen-bond acceptors (Lipinski definition) is 6. The predicted molar refractivity (Wildman–Crippen MR) is 130 cm³/mol. The SMILES string of the molecule is CCN(CC)CCNC(=O)c1ccc(Nc2ncc3c(n2)-c2ccccc2NC(=O)C3)cc1. The van der Waals surface area contributed by atoms with Crippen LogP contribution in [0.15, 0.2) is 54.7 Å². The van der Waals surface area contributed by atoms with Gasteiger partial charge >= 0.3 is 0 Å². The molecule has 1 aliphatic heterocycles. The number of hydrogen-bond donors (Lipinski definition) is 3. The molecule has 0 radical (unpaired) electrons. The van der Waals surface area contributed by atoms with Crippen molar-refractivity contribution in [3.05, 3.63) is 65.9 Å². The van der Waals surface area contributed by atoms with Gasteiger partial charge in [-0.3, -0.25) is 9.59 Å². The predicted octanol–water partition coefficient (Wildman–Crippen LogP) is 3.45. The Kier molecular flexibility index (Phi) is 6.95. The van der Waals surface area contributed by atoms with E-state index in [0.717, 1.165) is 47.8 Å². The number of likely N-dealkylation sites (N-methyl/N-ethyl adjacent to an activating group) is 1. The Bertz CT molecular complexity index is 1140. The largest absolute Gasteiger partial charge is 0.351 e. The highest BCUT2D eigenvalue weighted by molar-refractivity contribution is 6.00. The van der Waals surface area contributed by atoms with Gasteiger partial charge in [-0.05, 0) is 43.4 Å². The molecule has 0 saturated heterocycles. The number of rotatable bonds is 8. The van der Waals surface area contributed by atoms with Gasteiger partial charge in [-0.25, -0.2) is 9.97 Å². The molecule has 0 spiro atoms. The van der Waals surface area contributed by atoms with Gasteiger partial charge in [0, 0.05) is 41.7 Å². The molecule has 1 aromatic heterocycles. The van der Waals surface area contributed by atoms with E-state index in [1.165, 1.54) is 0 Å². The minimum Gasteiger partial charge on any atom is -0.351 e. The normalized spacial score (nSPS) is 12.4. The average Bonchev–Trinajstić information content (AvgIpc) is 2.97. The number of benzene rings is 2. The van der Waals surface area contributed by atoms with Crippen LogP contribution >= 0.6 is 0 Å². The highest BCUT2D eigenvalue weighted by Gasteiger charge is 2.20. The zero-order chi connectivity index (χ0) is 23.2. The Labute approximate surface area is 193 Å². The molecule has 0 saturated carbocycles. The smallest absolute Gasteiger partial charge is 0.251 e. The van der Waals surface area contributed by atoms with E-state index in [1.54, 1.807) is 18.3 Å². The van der Waals surface area contributed by atoms with Crippen LogP contribution in [-0.2, 0) is 11.2 Å². The van der Waals surface area contributed by atoms with Crippen molar-refractivity contribution in [1.29, 1.82) is 0 Å². The van der Waals surface area contributed by atoms with E-state index in [0.29, 0.717) is 18.1 Å². The molecule has 1 aliphatic rings. The van der Waals surface area contributed by atoms with E-state index < -0.39 is 0 Å². The molecule has 0 unspecified atom stereocenters. The first-order valence-corrected chi connectivity index (χ1v) is 11.2. The molecular formula is C25H28N6O2. The molecule has 2 amide bonds. The number of anilines is 3. The van der Waals surface area contributed by atoms with Crippen LogP contribution < -0.4 is 16.0 Å². The third-order valence-corrected chi connectivity index (χ3v) is 5.68. The number of fused-ring (bicyclic) bond motifs is 3. The summed E-state index contributed by atoms with van der Waals surface area (Å²) in [6.45, 7) is 7.60. The van der Waals surface area contributed by atoms with Crippen LogP contribution in [0.5, 0.6) is 0 Å². The second kappa shape index (κ2) is 10.2. The molecule has 2 heterocycles. The van der Waals surface area contributed by atoms with Gasteiger partial charge in [0.2, 0.25) is 11.9 Å². The maximum atomic E-state index is 12.4. The Balaban J connectivity index is 1.45. The quantitative estimate of drug-likeness (QED) is 0.492. The maximum absolute atomic E-state index is 12.4. The van der Waals surface area contributed by atoms with Gasteiger partial charge < -0.3 is 20.9 Å². The van der Waals surface area contributed by atoms with E-state index in [4.69, 9.17) is 0 Å². The third kappa shape index (κ3) is 5.35. The summed E-state index contributed by atoms with van der Waals surface area (Å²) < 4.78 is 0. The number of carbonyl (C=O) groups excluding carboxylic acids is 2. The zero-order valence-electron chi connectivity index (χ0n) is 18.9. The lowest BCUT2D eigenvalue weighted by Gasteiger charge is -2.18. The molecule has 8 nitrogen and oxygen atoms in total. The van der Waals surface area contributed by atoms with Gasteiger partial charge in [0.15, 0.2) is 0 Å². The average molecular weight is 445 g/mol. The number of nitrogens with zero attached hydrogens (tertiary/aromatic N) is 3. The highest BCUT2D eigenvalue weighted by Crippen LogP contribution is 2.32. The second-order valence-corrected chi connectivity index (χ2v) is 7.82. The van der Waals surface area contributed by atoms with Crippen LogP contribution in [0.1, 0.15) is 29.8 Å². The lowest BCUT2D eigenvalue weighted by molar-refractivity contribution is -0.115. The summed E-state index contributed by atoms with van der Waals surface area (Å²) in [6, 6.07) is 14.8. The summed E-state index contributed by atoms with van der Waals surface area (Å²) in [6.07, 6.45) is 1.91. The zero-order valence-corrected chi connectivity index (χ0v) is 18.9. The Morgan fingerprint density at radius 3 is 2.61 bits per heavy atom. The summed E-state index contributed by atoms with van der Waals surface area (Å²) >= 11 is 0. The van der Waals surface area contributed by atoms with Crippen molar-refractivity contribution in [3.8, 4) is 11.3 Å². The van der Waals surface area contributed by atoms with E-state index in [1.807, 2.05) is 36.4 Å². The summed E-state index contributed by atoms with van der Waals surface area (Å²) in [4.78, 5) is 35.9. The van der Waals surface area contributed by atoms with Crippen LogP contribution in [0.3, 0.4) is 0 Å². The van der Waals surface area contributed by atoms with Crippen molar-refractivity contribution in [2.24, 2.45) is 0 Å². The summed E-state index contributed by atoms with van der Waals surface area (Å²) in [5.41, 5.74) is 4.47. The number of nitrogens with one attached hydrogen (secondary N) is 3. The first-order valence-electron chi connectivity index (χ1n) is 11.2. The topological polar surface area (TPSA) is 99.2 Å². The molecule has 0 bridgehead atoms. The monoisotopic (exact) mass is 444 g/mol. The van der Waals surface area contributed by atoms with Gasteiger partial charge in [-0.15, -0.1) is 0 Å². The summed E-state index contributed by atoms with van der Waals surface area (Å²) in [7, 11) is 0.